The molecule has 1 unspecified atom stereocenters. The van der Waals surface area contributed by atoms with Crippen molar-refractivity contribution in [3.63, 3.8) is 0 Å². The van der Waals surface area contributed by atoms with E-state index in [1.807, 2.05) is 18.2 Å². The summed E-state index contributed by atoms with van der Waals surface area (Å²) in [6, 6.07) is 11.7. The Morgan fingerprint density at radius 1 is 1.06 bits per heavy atom. The molecule has 0 radical (unpaired) electrons. The number of amides is 1. The van der Waals surface area contributed by atoms with E-state index in [0.29, 0.717) is 5.92 Å². The molecule has 0 aromatic heterocycles. The minimum Gasteiger partial charge on any atom is -0.445 e. The molecule has 2 bridgehead atoms. The van der Waals surface area contributed by atoms with Gasteiger partial charge in [-0.2, -0.15) is 0 Å². The molecule has 3 saturated heterocycles. The van der Waals surface area contributed by atoms with Crippen LogP contribution in [0.2, 0.25) is 0 Å². The van der Waals surface area contributed by atoms with E-state index in [9.17, 15) is 18.0 Å². The van der Waals surface area contributed by atoms with Gasteiger partial charge >= 0.3 is 12.5 Å². The maximum Gasteiger partial charge on any atom is 0.573 e. The van der Waals surface area contributed by atoms with Crippen molar-refractivity contribution in [1.29, 1.82) is 0 Å². The number of nitrogens with zero attached hydrogens (tertiary/aromatic N) is 1. The Labute approximate surface area is 203 Å². The third-order valence-electron chi connectivity index (χ3n) is 7.82. The number of ether oxygens (including phenoxy) is 2. The van der Waals surface area contributed by atoms with Gasteiger partial charge in [-0.25, -0.2) is 4.79 Å². The standard InChI is InChI=1S/C27H31F3N2O3/c1-26(2)12-9-18-3-4-20(17-5-7-21(8-6-17)35-27(28,29)30)15-22(18)24(26)31-25(33)34-23-16-32-13-10-19(23)11-14-32/h3-8,15,19,23-24H,9-14,16H2,1-2H3,(H,31,33)/t23-,24?/m0/s1. The maximum absolute atomic E-state index is 13.0. The van der Waals surface area contributed by atoms with Crippen LogP contribution in [0.15, 0.2) is 42.5 Å². The molecule has 4 aliphatic rings. The molecule has 3 aliphatic heterocycles. The first-order valence-corrected chi connectivity index (χ1v) is 12.3. The fourth-order valence-electron chi connectivity index (χ4n) is 5.75. The minimum atomic E-state index is -4.72. The molecule has 3 fully saturated rings. The van der Waals surface area contributed by atoms with Crippen LogP contribution in [0, 0.1) is 11.3 Å². The number of aryl methyl sites for hydroxylation is 1. The van der Waals surface area contributed by atoms with Gasteiger partial charge < -0.3 is 14.8 Å². The largest absolute Gasteiger partial charge is 0.573 e. The summed E-state index contributed by atoms with van der Waals surface area (Å²) >= 11 is 0. The number of alkyl carbamates (subject to hydrolysis) is 1. The predicted octanol–water partition coefficient (Wildman–Crippen LogP) is 6.09. The van der Waals surface area contributed by atoms with Crippen LogP contribution in [-0.4, -0.2) is 43.1 Å². The topological polar surface area (TPSA) is 50.8 Å². The second-order valence-corrected chi connectivity index (χ2v) is 10.6. The normalized spacial score (nSPS) is 27.1. The molecule has 35 heavy (non-hydrogen) atoms. The summed E-state index contributed by atoms with van der Waals surface area (Å²) in [5, 5.41) is 3.16. The van der Waals surface area contributed by atoms with Crippen LogP contribution in [0.1, 0.15) is 50.3 Å². The number of halogens is 3. The van der Waals surface area contributed by atoms with Gasteiger partial charge in [0.15, 0.2) is 0 Å². The van der Waals surface area contributed by atoms with Crippen molar-refractivity contribution in [1.82, 2.24) is 10.2 Å². The highest BCUT2D eigenvalue weighted by molar-refractivity contribution is 5.70. The first-order chi connectivity index (χ1) is 16.6. The molecule has 188 valence electrons. The van der Waals surface area contributed by atoms with Crippen LogP contribution in [-0.2, 0) is 11.2 Å². The van der Waals surface area contributed by atoms with E-state index in [1.54, 1.807) is 12.1 Å². The number of fused-ring (bicyclic) bond motifs is 4. The van der Waals surface area contributed by atoms with Crippen LogP contribution < -0.4 is 10.1 Å². The molecule has 1 N–H and O–H groups in total. The molecule has 2 atom stereocenters. The minimum absolute atomic E-state index is 0.0626. The van der Waals surface area contributed by atoms with Crippen molar-refractivity contribution in [2.24, 2.45) is 11.3 Å². The lowest BCUT2D eigenvalue weighted by Gasteiger charge is -2.44. The number of rotatable bonds is 4. The highest BCUT2D eigenvalue weighted by Crippen LogP contribution is 2.45. The Balaban J connectivity index is 1.35. The lowest BCUT2D eigenvalue weighted by Crippen LogP contribution is -2.53. The predicted molar refractivity (Wildman–Crippen MR) is 126 cm³/mol. The molecule has 0 spiro atoms. The van der Waals surface area contributed by atoms with E-state index in [4.69, 9.17) is 4.74 Å². The van der Waals surface area contributed by atoms with Gasteiger partial charge in [-0.15, -0.1) is 13.2 Å². The van der Waals surface area contributed by atoms with E-state index < -0.39 is 6.36 Å². The molecule has 6 rings (SSSR count). The van der Waals surface area contributed by atoms with Crippen LogP contribution in [0.3, 0.4) is 0 Å². The summed E-state index contributed by atoms with van der Waals surface area (Å²) in [4.78, 5) is 15.4. The molecule has 0 saturated carbocycles. The quantitative estimate of drug-likeness (QED) is 0.566. The van der Waals surface area contributed by atoms with Crippen LogP contribution in [0.5, 0.6) is 5.75 Å². The van der Waals surface area contributed by atoms with Crippen molar-refractivity contribution in [3.05, 3.63) is 53.6 Å². The molecule has 1 amide bonds. The van der Waals surface area contributed by atoms with Crippen LogP contribution in [0.25, 0.3) is 11.1 Å². The highest BCUT2D eigenvalue weighted by atomic mass is 19.4. The fraction of sp³-hybridized carbons (Fsp3) is 0.519. The number of hydrogen-bond acceptors (Lipinski definition) is 4. The number of carbonyl (C=O) groups excluding carboxylic acids is 1. The van der Waals surface area contributed by atoms with Gasteiger partial charge in [-0.1, -0.05) is 38.1 Å². The number of benzene rings is 2. The van der Waals surface area contributed by atoms with Crippen molar-refractivity contribution >= 4 is 6.09 Å². The van der Waals surface area contributed by atoms with Gasteiger partial charge in [-0.05, 0) is 90.6 Å². The average molecular weight is 489 g/mol. The first-order valence-electron chi connectivity index (χ1n) is 12.3. The van der Waals surface area contributed by atoms with E-state index >= 15 is 0 Å². The monoisotopic (exact) mass is 488 g/mol. The zero-order chi connectivity index (χ0) is 24.8. The molecule has 2 aromatic carbocycles. The number of carbonyl (C=O) groups is 1. The Kier molecular flexibility index (Phi) is 6.20. The summed E-state index contributed by atoms with van der Waals surface area (Å²) in [6.45, 7) is 7.26. The summed E-state index contributed by atoms with van der Waals surface area (Å²) in [5.41, 5.74) is 3.67. The van der Waals surface area contributed by atoms with Crippen molar-refractivity contribution in [2.75, 3.05) is 19.6 Å². The second-order valence-electron chi connectivity index (χ2n) is 10.6. The molecular formula is C27H31F3N2O3. The second kappa shape index (κ2) is 9.04. The molecule has 2 aromatic rings. The summed E-state index contributed by atoms with van der Waals surface area (Å²) in [6.07, 6.45) is -1.19. The summed E-state index contributed by atoms with van der Waals surface area (Å²) in [5.74, 6) is 0.184. The van der Waals surface area contributed by atoms with Crippen LogP contribution >= 0.6 is 0 Å². The fourth-order valence-corrected chi connectivity index (χ4v) is 5.75. The van der Waals surface area contributed by atoms with Crippen LogP contribution in [0.4, 0.5) is 18.0 Å². The van der Waals surface area contributed by atoms with Gasteiger partial charge in [0.05, 0.1) is 6.04 Å². The van der Waals surface area contributed by atoms with E-state index in [-0.39, 0.29) is 29.4 Å². The zero-order valence-electron chi connectivity index (χ0n) is 20.0. The first kappa shape index (κ1) is 24.0. The zero-order valence-corrected chi connectivity index (χ0v) is 20.0. The molecule has 3 heterocycles. The molecular weight excluding hydrogens is 457 g/mol. The third kappa shape index (κ3) is 5.27. The Bertz CT molecular complexity index is 1080. The summed E-state index contributed by atoms with van der Waals surface area (Å²) in [7, 11) is 0. The number of alkyl halides is 3. The number of piperidine rings is 3. The smallest absolute Gasteiger partial charge is 0.445 e. The van der Waals surface area contributed by atoms with Crippen molar-refractivity contribution < 1.29 is 27.4 Å². The van der Waals surface area contributed by atoms with E-state index in [0.717, 1.165) is 62.0 Å². The Morgan fingerprint density at radius 3 is 2.37 bits per heavy atom. The van der Waals surface area contributed by atoms with Gasteiger partial charge in [0.2, 0.25) is 0 Å². The Hall–Kier alpha value is -2.74. The maximum atomic E-state index is 13.0. The van der Waals surface area contributed by atoms with E-state index in [2.05, 4.69) is 28.8 Å². The number of nitrogens with one attached hydrogen (secondary N) is 1. The van der Waals surface area contributed by atoms with Gasteiger partial charge in [-0.3, -0.25) is 4.90 Å². The molecule has 1 aliphatic carbocycles. The summed E-state index contributed by atoms with van der Waals surface area (Å²) < 4.78 is 47.4. The Morgan fingerprint density at radius 2 is 1.74 bits per heavy atom. The lowest BCUT2D eigenvalue weighted by molar-refractivity contribution is -0.274. The lowest BCUT2D eigenvalue weighted by atomic mass is 9.70. The number of hydrogen-bond donors (Lipinski definition) is 1. The third-order valence-corrected chi connectivity index (χ3v) is 7.82. The van der Waals surface area contributed by atoms with E-state index in [1.165, 1.54) is 17.7 Å². The SMILES string of the molecule is CC1(C)CCc2ccc(-c3ccc(OC(F)(F)F)cc3)cc2C1NC(=O)O[C@H]1CN2CCC1CC2. The molecule has 8 heteroatoms. The van der Waals surface area contributed by atoms with Gasteiger partial charge in [0.25, 0.3) is 0 Å². The van der Waals surface area contributed by atoms with Gasteiger partial charge in [0, 0.05) is 6.54 Å². The van der Waals surface area contributed by atoms with Gasteiger partial charge in [0.1, 0.15) is 11.9 Å². The van der Waals surface area contributed by atoms with Crippen molar-refractivity contribution in [3.8, 4) is 16.9 Å². The highest BCUT2D eigenvalue weighted by Gasteiger charge is 2.40. The average Bonchev–Trinajstić information content (AvgIpc) is 2.81. The van der Waals surface area contributed by atoms with Crippen molar-refractivity contribution in [2.45, 2.75) is 58.0 Å². The molecule has 5 nitrogen and oxygen atoms in total.